The molecule has 3 aliphatic rings. The van der Waals surface area contributed by atoms with Gasteiger partial charge in [0.2, 0.25) is 0 Å². The molecule has 0 bridgehead atoms. The minimum absolute atomic E-state index is 0.316. The fraction of sp³-hybridized carbons (Fsp3) is 0.565. The summed E-state index contributed by atoms with van der Waals surface area (Å²) in [5.74, 6) is -2.58. The third-order valence-electron chi connectivity index (χ3n) is 5.38. The van der Waals surface area contributed by atoms with Gasteiger partial charge in [0.1, 0.15) is 31.0 Å². The van der Waals surface area contributed by atoms with Crippen molar-refractivity contribution < 1.29 is 38.0 Å². The summed E-state index contributed by atoms with van der Waals surface area (Å²) in [6, 6.07) is 9.34. The lowest BCUT2D eigenvalue weighted by molar-refractivity contribution is -0.235. The van der Waals surface area contributed by atoms with E-state index in [9.17, 15) is 9.59 Å². The molecule has 10 nitrogen and oxygen atoms in total. The lowest BCUT2D eigenvalue weighted by Crippen LogP contribution is -2.47. The summed E-state index contributed by atoms with van der Waals surface area (Å²) in [6.07, 6.45) is 0.210. The molecule has 4 rings (SSSR count). The highest BCUT2D eigenvalue weighted by Gasteiger charge is 2.59. The van der Waals surface area contributed by atoms with Crippen LogP contribution in [0.15, 0.2) is 36.4 Å². The number of nitrogens with one attached hydrogen (secondary N) is 2. The molecule has 1 aromatic carbocycles. The minimum atomic E-state index is -0.838. The number of fused-ring (bicyclic) bond motifs is 1. The molecule has 3 saturated heterocycles. The van der Waals surface area contributed by atoms with Crippen molar-refractivity contribution in [2.45, 2.75) is 70.0 Å². The highest BCUT2D eigenvalue weighted by Crippen LogP contribution is 2.41. The second kappa shape index (κ2) is 9.49. The van der Waals surface area contributed by atoms with E-state index in [0.717, 1.165) is 5.56 Å². The lowest BCUT2D eigenvalue weighted by Gasteiger charge is -2.28. The smallest absolute Gasteiger partial charge is 0.264 e. The molecule has 2 N–H and O–H groups in total. The van der Waals surface area contributed by atoms with E-state index in [1.54, 1.807) is 19.9 Å². The third kappa shape index (κ3) is 5.97. The Bertz CT molecular complexity index is 888. The van der Waals surface area contributed by atoms with Crippen LogP contribution in [0.2, 0.25) is 0 Å². The van der Waals surface area contributed by atoms with Gasteiger partial charge in [0.25, 0.3) is 11.8 Å². The van der Waals surface area contributed by atoms with E-state index in [0.29, 0.717) is 6.61 Å². The third-order valence-corrected chi connectivity index (χ3v) is 5.38. The van der Waals surface area contributed by atoms with Crippen LogP contribution in [0.3, 0.4) is 0 Å². The van der Waals surface area contributed by atoms with Crippen LogP contribution in [0.1, 0.15) is 33.3 Å². The van der Waals surface area contributed by atoms with Crippen molar-refractivity contribution in [3.8, 4) is 0 Å². The van der Waals surface area contributed by atoms with Gasteiger partial charge in [-0.25, -0.2) is 0 Å². The van der Waals surface area contributed by atoms with Gasteiger partial charge in [0.15, 0.2) is 17.9 Å². The summed E-state index contributed by atoms with van der Waals surface area (Å²) in [5.41, 5.74) is 5.53. The number of amides is 2. The molecule has 3 fully saturated rings. The van der Waals surface area contributed by atoms with Crippen LogP contribution >= 0.6 is 0 Å². The Morgan fingerprint density at radius 1 is 1.03 bits per heavy atom. The molecule has 10 heteroatoms. The topological polar surface area (TPSA) is 114 Å². The number of hydrazine groups is 1. The van der Waals surface area contributed by atoms with Crippen molar-refractivity contribution in [1.29, 1.82) is 0 Å². The lowest BCUT2D eigenvalue weighted by atomic mass is 10.1. The monoisotopic (exact) mass is 462 g/mol. The van der Waals surface area contributed by atoms with Crippen LogP contribution in [0.25, 0.3) is 6.08 Å². The van der Waals surface area contributed by atoms with Crippen molar-refractivity contribution in [2.24, 2.45) is 0 Å². The van der Waals surface area contributed by atoms with E-state index in [-0.39, 0.29) is 6.61 Å². The van der Waals surface area contributed by atoms with Gasteiger partial charge in [0.05, 0.1) is 6.61 Å². The number of carbonyl (C=O) groups excluding carboxylic acids is 2. The number of benzene rings is 1. The Hall–Kier alpha value is -2.34. The maximum Gasteiger partial charge on any atom is 0.264 e. The van der Waals surface area contributed by atoms with Gasteiger partial charge in [-0.2, -0.15) is 0 Å². The zero-order valence-electron chi connectivity index (χ0n) is 19.1. The number of hydrogen-bond acceptors (Lipinski definition) is 8. The first kappa shape index (κ1) is 23.8. The Labute approximate surface area is 192 Å². The average molecular weight is 462 g/mol. The highest BCUT2D eigenvalue weighted by atomic mass is 16.8. The van der Waals surface area contributed by atoms with Crippen molar-refractivity contribution in [3.63, 3.8) is 0 Å². The predicted molar refractivity (Wildman–Crippen MR) is 115 cm³/mol. The summed E-state index contributed by atoms with van der Waals surface area (Å²) >= 11 is 0. The standard InChI is InChI=1S/C23H30N2O8/c1-22(2)29-12-15(31-22)18-19(20-21(30-18)33-23(3,4)32-20)28-13-17(27)25-24-16(26)11-10-14-8-6-5-7-9-14/h5-11,15,18-21H,12-13H2,1-4H3,(H,24,26)(H,25,27)/b11-10+/t15-,18+,19-,20+,21+/m0/s1. The van der Waals surface area contributed by atoms with Crippen LogP contribution in [0, 0.1) is 0 Å². The fourth-order valence-electron chi connectivity index (χ4n) is 3.99. The number of ether oxygens (including phenoxy) is 6. The van der Waals surface area contributed by atoms with Crippen LogP contribution in [-0.2, 0) is 38.0 Å². The molecule has 180 valence electrons. The van der Waals surface area contributed by atoms with Crippen molar-refractivity contribution in [1.82, 2.24) is 10.9 Å². The molecular weight excluding hydrogens is 432 g/mol. The molecule has 2 amide bonds. The predicted octanol–water partition coefficient (Wildman–Crippen LogP) is 1.26. The van der Waals surface area contributed by atoms with Gasteiger partial charge in [-0.1, -0.05) is 30.3 Å². The first-order valence-corrected chi connectivity index (χ1v) is 10.9. The highest BCUT2D eigenvalue weighted by molar-refractivity contribution is 5.93. The number of rotatable bonds is 6. The quantitative estimate of drug-likeness (QED) is 0.480. The largest absolute Gasteiger partial charge is 0.363 e. The molecule has 3 aliphatic heterocycles. The van der Waals surface area contributed by atoms with Crippen molar-refractivity contribution in [3.05, 3.63) is 42.0 Å². The molecule has 0 unspecified atom stereocenters. The van der Waals surface area contributed by atoms with Crippen LogP contribution in [0.4, 0.5) is 0 Å². The molecule has 0 radical (unpaired) electrons. The SMILES string of the molecule is CC1(C)O[C@H]2O[C@H]([C@@H]3COC(C)(C)O3)[C@H](OCC(=O)NNC(=O)/C=C/c3ccccc3)[C@H]2O1. The second-order valence-electron chi connectivity index (χ2n) is 8.99. The Balaban J connectivity index is 1.30. The first-order valence-electron chi connectivity index (χ1n) is 10.9. The summed E-state index contributed by atoms with van der Waals surface area (Å²) in [5, 5.41) is 0. The second-order valence-corrected chi connectivity index (χ2v) is 8.99. The van der Waals surface area contributed by atoms with Crippen LogP contribution in [-0.4, -0.2) is 67.3 Å². The summed E-state index contributed by atoms with van der Waals surface area (Å²) < 4.78 is 35.2. The van der Waals surface area contributed by atoms with E-state index in [1.165, 1.54) is 6.08 Å². The average Bonchev–Trinajstić information content (AvgIpc) is 3.38. The summed E-state index contributed by atoms with van der Waals surface area (Å²) in [4.78, 5) is 24.2. The molecule has 0 spiro atoms. The van der Waals surface area contributed by atoms with Gasteiger partial charge in [-0.3, -0.25) is 20.4 Å². The number of carbonyl (C=O) groups is 2. The van der Waals surface area contributed by atoms with E-state index in [1.807, 2.05) is 44.2 Å². The minimum Gasteiger partial charge on any atom is -0.363 e. The molecule has 3 heterocycles. The van der Waals surface area contributed by atoms with Gasteiger partial charge in [-0.15, -0.1) is 0 Å². The van der Waals surface area contributed by atoms with Crippen molar-refractivity contribution in [2.75, 3.05) is 13.2 Å². The molecule has 1 aromatic rings. The van der Waals surface area contributed by atoms with Gasteiger partial charge < -0.3 is 28.4 Å². The van der Waals surface area contributed by atoms with E-state index < -0.39 is 54.1 Å². The molecule has 0 aliphatic carbocycles. The zero-order valence-corrected chi connectivity index (χ0v) is 19.1. The van der Waals surface area contributed by atoms with Crippen LogP contribution in [0.5, 0.6) is 0 Å². The number of hydrogen-bond donors (Lipinski definition) is 2. The fourth-order valence-corrected chi connectivity index (χ4v) is 3.99. The van der Waals surface area contributed by atoms with E-state index in [4.69, 9.17) is 28.4 Å². The van der Waals surface area contributed by atoms with E-state index in [2.05, 4.69) is 10.9 Å². The van der Waals surface area contributed by atoms with E-state index >= 15 is 0 Å². The first-order chi connectivity index (χ1) is 15.6. The summed E-state index contributed by atoms with van der Waals surface area (Å²) in [6.45, 7) is 7.19. The molecule has 5 atom stereocenters. The summed E-state index contributed by atoms with van der Waals surface area (Å²) in [7, 11) is 0. The molecule has 0 aromatic heterocycles. The van der Waals surface area contributed by atoms with Gasteiger partial charge >= 0.3 is 0 Å². The zero-order chi connectivity index (χ0) is 23.6. The Morgan fingerprint density at radius 3 is 2.48 bits per heavy atom. The Morgan fingerprint density at radius 2 is 1.79 bits per heavy atom. The molecular formula is C23H30N2O8. The normalized spacial score (nSPS) is 32.1. The maximum absolute atomic E-state index is 12.3. The molecule has 33 heavy (non-hydrogen) atoms. The van der Waals surface area contributed by atoms with Crippen molar-refractivity contribution >= 4 is 17.9 Å². The maximum atomic E-state index is 12.3. The van der Waals surface area contributed by atoms with Gasteiger partial charge in [-0.05, 0) is 39.3 Å². The molecule has 0 saturated carbocycles. The Kier molecular flexibility index (Phi) is 6.85. The van der Waals surface area contributed by atoms with Gasteiger partial charge in [0, 0.05) is 6.08 Å². The van der Waals surface area contributed by atoms with Crippen LogP contribution < -0.4 is 10.9 Å².